The summed E-state index contributed by atoms with van der Waals surface area (Å²) in [4.78, 5) is 16.5. The van der Waals surface area contributed by atoms with Crippen LogP contribution >= 0.6 is 22.9 Å². The third-order valence-corrected chi connectivity index (χ3v) is 4.22. The van der Waals surface area contributed by atoms with E-state index in [1.807, 2.05) is 13.0 Å². The van der Waals surface area contributed by atoms with Crippen LogP contribution in [0.15, 0.2) is 23.3 Å². The van der Waals surface area contributed by atoms with Crippen molar-refractivity contribution in [1.82, 2.24) is 4.98 Å². The van der Waals surface area contributed by atoms with Gasteiger partial charge in [-0.05, 0) is 44.5 Å². The van der Waals surface area contributed by atoms with Gasteiger partial charge < -0.3 is 9.47 Å². The van der Waals surface area contributed by atoms with Crippen molar-refractivity contribution in [3.8, 4) is 5.75 Å². The Kier molecular flexibility index (Phi) is 6.57. The highest BCUT2D eigenvalue weighted by Gasteiger charge is 2.15. The van der Waals surface area contributed by atoms with Crippen LogP contribution in [-0.2, 0) is 4.74 Å². The van der Waals surface area contributed by atoms with Crippen LogP contribution in [0.4, 0.5) is 5.13 Å². The second kappa shape index (κ2) is 8.65. The van der Waals surface area contributed by atoms with Crippen LogP contribution in [0.2, 0.25) is 5.02 Å². The minimum absolute atomic E-state index is 0.329. The number of thiazole rings is 1. The van der Waals surface area contributed by atoms with E-state index in [-0.39, 0.29) is 5.97 Å². The topological polar surface area (TPSA) is 72.8 Å². The molecule has 0 saturated carbocycles. The molecule has 2 aromatic rings. The molecule has 8 heteroatoms. The number of ether oxygens (including phenoxy) is 2. The summed E-state index contributed by atoms with van der Waals surface area (Å²) in [6.45, 7) is 6.30. The lowest BCUT2D eigenvalue weighted by Crippen LogP contribution is -2.03. The first kappa shape index (κ1) is 18.2. The summed E-state index contributed by atoms with van der Waals surface area (Å²) in [7, 11) is 0. The molecule has 24 heavy (non-hydrogen) atoms. The number of benzene rings is 1. The van der Waals surface area contributed by atoms with E-state index in [1.54, 1.807) is 32.2 Å². The lowest BCUT2D eigenvalue weighted by Gasteiger charge is -2.05. The van der Waals surface area contributed by atoms with Crippen molar-refractivity contribution in [3.63, 3.8) is 0 Å². The first-order chi connectivity index (χ1) is 11.5. The second-order valence-electron chi connectivity index (χ2n) is 4.65. The van der Waals surface area contributed by atoms with Crippen molar-refractivity contribution >= 4 is 40.3 Å². The van der Waals surface area contributed by atoms with Gasteiger partial charge in [0.05, 0.1) is 30.1 Å². The summed E-state index contributed by atoms with van der Waals surface area (Å²) in [6.07, 6.45) is 1.61. The molecule has 0 saturated heterocycles. The molecule has 0 unspecified atom stereocenters. The molecule has 0 aliphatic heterocycles. The Balaban J connectivity index is 2.03. The van der Waals surface area contributed by atoms with E-state index in [1.165, 1.54) is 11.3 Å². The Labute approximate surface area is 149 Å². The minimum atomic E-state index is -0.372. The van der Waals surface area contributed by atoms with E-state index >= 15 is 0 Å². The number of halogens is 1. The predicted octanol–water partition coefficient (Wildman–Crippen LogP) is 4.13. The first-order valence-corrected chi connectivity index (χ1v) is 8.60. The van der Waals surface area contributed by atoms with Gasteiger partial charge in [-0.15, -0.1) is 0 Å². The molecule has 2 rings (SSSR count). The summed E-state index contributed by atoms with van der Waals surface area (Å²) in [5, 5.41) is 5.15. The number of nitrogens with zero attached hydrogens (tertiary/aromatic N) is 2. The molecular weight excluding hydrogens is 350 g/mol. The van der Waals surface area contributed by atoms with Gasteiger partial charge in [-0.1, -0.05) is 22.9 Å². The van der Waals surface area contributed by atoms with Crippen molar-refractivity contribution in [2.24, 2.45) is 5.10 Å². The van der Waals surface area contributed by atoms with Gasteiger partial charge in [0.25, 0.3) is 0 Å². The smallest absolute Gasteiger partial charge is 0.350 e. The molecule has 0 aliphatic carbocycles. The van der Waals surface area contributed by atoms with Crippen molar-refractivity contribution in [1.29, 1.82) is 0 Å². The predicted molar refractivity (Wildman–Crippen MR) is 96.6 cm³/mol. The largest absolute Gasteiger partial charge is 0.492 e. The van der Waals surface area contributed by atoms with Crippen molar-refractivity contribution in [2.75, 3.05) is 18.6 Å². The SMILES string of the molecule is CCOC(=O)c1sc(N/N=C\c2ccc(OCC)c(Cl)c2)nc1C. The monoisotopic (exact) mass is 367 g/mol. The van der Waals surface area contributed by atoms with Crippen molar-refractivity contribution in [3.05, 3.63) is 39.4 Å². The fourth-order valence-electron chi connectivity index (χ4n) is 1.86. The van der Waals surface area contributed by atoms with Gasteiger partial charge in [-0.3, -0.25) is 5.43 Å². The van der Waals surface area contributed by atoms with Crippen LogP contribution in [-0.4, -0.2) is 30.4 Å². The molecule has 0 fully saturated rings. The number of rotatable bonds is 7. The highest BCUT2D eigenvalue weighted by atomic mass is 35.5. The standard InChI is InChI=1S/C16H18ClN3O3S/c1-4-22-13-7-6-11(8-12(13)17)9-18-20-16-19-10(3)14(24-16)15(21)23-5-2/h6-9H,4-5H2,1-3H3,(H,19,20)/b18-9-. The molecule has 0 bridgehead atoms. The van der Waals surface area contributed by atoms with Crippen LogP contribution in [0.1, 0.15) is 34.8 Å². The fraction of sp³-hybridized carbons (Fsp3) is 0.312. The van der Waals surface area contributed by atoms with Crippen LogP contribution < -0.4 is 10.2 Å². The summed E-state index contributed by atoms with van der Waals surface area (Å²) in [5.74, 6) is 0.265. The van der Waals surface area contributed by atoms with Crippen LogP contribution in [0.25, 0.3) is 0 Å². The van der Waals surface area contributed by atoms with Crippen LogP contribution in [0.5, 0.6) is 5.75 Å². The molecule has 0 amide bonds. The van der Waals surface area contributed by atoms with Crippen LogP contribution in [0, 0.1) is 6.92 Å². The van der Waals surface area contributed by atoms with Crippen molar-refractivity contribution in [2.45, 2.75) is 20.8 Å². The quantitative estimate of drug-likeness (QED) is 0.452. The number of carbonyl (C=O) groups is 1. The van der Waals surface area contributed by atoms with E-state index < -0.39 is 0 Å². The Hall–Kier alpha value is -2.12. The molecule has 0 radical (unpaired) electrons. The fourth-order valence-corrected chi connectivity index (χ4v) is 2.92. The molecule has 1 heterocycles. The van der Waals surface area contributed by atoms with Gasteiger partial charge >= 0.3 is 5.97 Å². The number of esters is 1. The van der Waals surface area contributed by atoms with E-state index in [0.717, 1.165) is 5.56 Å². The van der Waals surface area contributed by atoms with Gasteiger partial charge in [0, 0.05) is 0 Å². The lowest BCUT2D eigenvalue weighted by molar-refractivity contribution is 0.0531. The number of aryl methyl sites for hydroxylation is 1. The number of hydrazone groups is 1. The Morgan fingerprint density at radius 2 is 2.21 bits per heavy atom. The number of aromatic nitrogens is 1. The van der Waals surface area contributed by atoms with E-state index in [2.05, 4.69) is 15.5 Å². The molecule has 128 valence electrons. The Bertz CT molecular complexity index is 746. The number of nitrogens with one attached hydrogen (secondary N) is 1. The van der Waals surface area contributed by atoms with Gasteiger partial charge in [0.1, 0.15) is 10.6 Å². The zero-order valence-electron chi connectivity index (χ0n) is 13.6. The molecule has 0 aliphatic rings. The maximum absolute atomic E-state index is 11.8. The maximum Gasteiger partial charge on any atom is 0.350 e. The third-order valence-electron chi connectivity index (χ3n) is 2.89. The number of anilines is 1. The van der Waals surface area contributed by atoms with E-state index in [4.69, 9.17) is 21.1 Å². The highest BCUT2D eigenvalue weighted by Crippen LogP contribution is 2.25. The average Bonchev–Trinajstić information content (AvgIpc) is 2.91. The molecule has 1 aromatic heterocycles. The van der Waals surface area contributed by atoms with Gasteiger partial charge in [0.2, 0.25) is 5.13 Å². The van der Waals surface area contributed by atoms with Gasteiger partial charge in [-0.2, -0.15) is 5.10 Å². The maximum atomic E-state index is 11.8. The van der Waals surface area contributed by atoms with Crippen LogP contribution in [0.3, 0.4) is 0 Å². The lowest BCUT2D eigenvalue weighted by atomic mass is 10.2. The number of carbonyl (C=O) groups excluding carboxylic acids is 1. The van der Waals surface area contributed by atoms with E-state index in [9.17, 15) is 4.79 Å². The molecule has 6 nitrogen and oxygen atoms in total. The highest BCUT2D eigenvalue weighted by molar-refractivity contribution is 7.17. The normalized spacial score (nSPS) is 10.8. The van der Waals surface area contributed by atoms with E-state index in [0.29, 0.717) is 39.7 Å². The minimum Gasteiger partial charge on any atom is -0.492 e. The summed E-state index contributed by atoms with van der Waals surface area (Å²) in [5.41, 5.74) is 4.23. The number of hydrogen-bond donors (Lipinski definition) is 1. The summed E-state index contributed by atoms with van der Waals surface area (Å²) >= 11 is 7.32. The Morgan fingerprint density at radius 1 is 1.42 bits per heavy atom. The summed E-state index contributed by atoms with van der Waals surface area (Å²) in [6, 6.07) is 5.40. The third kappa shape index (κ3) is 4.69. The number of hydrogen-bond acceptors (Lipinski definition) is 7. The molecule has 1 N–H and O–H groups in total. The van der Waals surface area contributed by atoms with Crippen molar-refractivity contribution < 1.29 is 14.3 Å². The Morgan fingerprint density at radius 3 is 2.88 bits per heavy atom. The zero-order valence-corrected chi connectivity index (χ0v) is 15.2. The molecule has 0 atom stereocenters. The van der Waals surface area contributed by atoms with Gasteiger partial charge in [0.15, 0.2) is 0 Å². The summed E-state index contributed by atoms with van der Waals surface area (Å²) < 4.78 is 10.4. The molecular formula is C16H18ClN3O3S. The second-order valence-corrected chi connectivity index (χ2v) is 6.05. The molecule has 1 aromatic carbocycles. The average molecular weight is 368 g/mol. The zero-order chi connectivity index (χ0) is 17.5. The van der Waals surface area contributed by atoms with Gasteiger partial charge in [-0.25, -0.2) is 9.78 Å². The first-order valence-electron chi connectivity index (χ1n) is 7.41. The molecule has 0 spiro atoms.